The van der Waals surface area contributed by atoms with E-state index in [1.54, 1.807) is 13.0 Å². The average molecular weight is 672 g/mol. The molecule has 1 aliphatic carbocycles. The molecule has 8 nitrogen and oxygen atoms in total. The van der Waals surface area contributed by atoms with Gasteiger partial charge in [-0.3, -0.25) is 0 Å². The molecule has 3 heterocycles. The van der Waals surface area contributed by atoms with Crippen molar-refractivity contribution in [3.8, 4) is 23.1 Å². The maximum absolute atomic E-state index is 12.9. The summed E-state index contributed by atoms with van der Waals surface area (Å²) in [5.41, 5.74) is 3.24. The molecular weight excluding hydrogens is 629 g/mol. The van der Waals surface area contributed by atoms with Crippen LogP contribution in [0.1, 0.15) is 87.8 Å². The molecule has 9 heteroatoms. The number of rotatable bonds is 7. The van der Waals surface area contributed by atoms with E-state index in [1.807, 2.05) is 35.6 Å². The molecule has 220 valence electrons. The number of hydrogen-bond donors (Lipinski definition) is 0. The molecule has 2 fully saturated rings. The van der Waals surface area contributed by atoms with Crippen LogP contribution in [-0.2, 0) is 10.2 Å². The van der Waals surface area contributed by atoms with Crippen LogP contribution < -0.4 is 4.74 Å². The van der Waals surface area contributed by atoms with Crippen molar-refractivity contribution in [2.75, 3.05) is 31.7 Å². The van der Waals surface area contributed by atoms with Crippen molar-refractivity contribution in [1.82, 2.24) is 19.7 Å². The number of halogens is 1. The SMILES string of the molecule is CCOC(=O)c1cc(-c2ccc(C3(C#N)CCN(C)CC3)cc2)c2c(OC(C)C)nn(C3CCCCC3)c2n1.CI. The Morgan fingerprint density at radius 1 is 1.15 bits per heavy atom. The third kappa shape index (κ3) is 6.69. The van der Waals surface area contributed by atoms with Crippen molar-refractivity contribution in [1.29, 1.82) is 5.26 Å². The Labute approximate surface area is 257 Å². The first-order chi connectivity index (χ1) is 19.8. The van der Waals surface area contributed by atoms with Crippen LogP contribution in [0.4, 0.5) is 0 Å². The van der Waals surface area contributed by atoms with Gasteiger partial charge in [0.1, 0.15) is 0 Å². The molecule has 3 aromatic rings. The van der Waals surface area contributed by atoms with Gasteiger partial charge in [0.25, 0.3) is 0 Å². The quantitative estimate of drug-likeness (QED) is 0.150. The highest BCUT2D eigenvalue weighted by molar-refractivity contribution is 14.1. The van der Waals surface area contributed by atoms with E-state index in [2.05, 4.69) is 52.7 Å². The fraction of sp³-hybridized carbons (Fsp3) is 0.562. The first kappa shape index (κ1) is 31.2. The highest BCUT2D eigenvalue weighted by Gasteiger charge is 2.36. The van der Waals surface area contributed by atoms with Crippen LogP contribution in [0.25, 0.3) is 22.2 Å². The van der Waals surface area contributed by atoms with Gasteiger partial charge in [0, 0.05) is 5.56 Å². The normalized spacial score (nSPS) is 17.5. The Hall–Kier alpha value is -2.71. The van der Waals surface area contributed by atoms with E-state index < -0.39 is 11.4 Å². The third-order valence-electron chi connectivity index (χ3n) is 8.19. The van der Waals surface area contributed by atoms with E-state index in [0.717, 1.165) is 73.7 Å². The minimum Gasteiger partial charge on any atom is -0.473 e. The van der Waals surface area contributed by atoms with Crippen LogP contribution >= 0.6 is 22.6 Å². The van der Waals surface area contributed by atoms with Crippen LogP contribution in [-0.4, -0.2) is 63.4 Å². The second kappa shape index (κ2) is 14.0. The first-order valence-corrected chi connectivity index (χ1v) is 16.9. The average Bonchev–Trinajstić information content (AvgIpc) is 3.36. The summed E-state index contributed by atoms with van der Waals surface area (Å²) in [7, 11) is 2.10. The van der Waals surface area contributed by atoms with E-state index in [1.165, 1.54) is 6.42 Å². The maximum Gasteiger partial charge on any atom is 0.357 e. The highest BCUT2D eigenvalue weighted by Crippen LogP contribution is 2.41. The summed E-state index contributed by atoms with van der Waals surface area (Å²) in [5, 5.41) is 15.9. The lowest BCUT2D eigenvalue weighted by molar-refractivity contribution is 0.0520. The molecule has 1 saturated carbocycles. The second-order valence-electron chi connectivity index (χ2n) is 11.3. The van der Waals surface area contributed by atoms with Crippen LogP contribution in [0.15, 0.2) is 30.3 Å². The number of alkyl halides is 1. The number of benzene rings is 1. The largest absolute Gasteiger partial charge is 0.473 e. The molecule has 1 aliphatic heterocycles. The summed E-state index contributed by atoms with van der Waals surface area (Å²) in [6, 6.07) is 12.9. The lowest BCUT2D eigenvalue weighted by Crippen LogP contribution is -2.39. The smallest absolute Gasteiger partial charge is 0.357 e. The zero-order valence-electron chi connectivity index (χ0n) is 25.0. The Balaban J connectivity index is 0.00000189. The number of carbonyl (C=O) groups excluding carboxylic acids is 1. The number of carbonyl (C=O) groups is 1. The van der Waals surface area contributed by atoms with Crippen LogP contribution in [0, 0.1) is 11.3 Å². The summed E-state index contributed by atoms with van der Waals surface area (Å²) in [4.78, 5) is 22.0. The number of likely N-dealkylation sites (tertiary alicyclic amines) is 1. The van der Waals surface area contributed by atoms with Crippen molar-refractivity contribution in [3.63, 3.8) is 0 Å². The molecule has 0 radical (unpaired) electrons. The number of hydrogen-bond acceptors (Lipinski definition) is 7. The molecule has 1 saturated heterocycles. The van der Waals surface area contributed by atoms with Crippen molar-refractivity contribution in [2.24, 2.45) is 0 Å². The molecule has 0 amide bonds. The van der Waals surface area contributed by atoms with E-state index in [0.29, 0.717) is 11.5 Å². The van der Waals surface area contributed by atoms with E-state index >= 15 is 0 Å². The number of esters is 1. The van der Waals surface area contributed by atoms with Crippen molar-refractivity contribution >= 4 is 39.6 Å². The second-order valence-corrected chi connectivity index (χ2v) is 11.3. The number of fused-ring (bicyclic) bond motifs is 1. The summed E-state index contributed by atoms with van der Waals surface area (Å²) in [5.74, 6) is 0.0890. The molecule has 0 bridgehead atoms. The highest BCUT2D eigenvalue weighted by atomic mass is 127. The van der Waals surface area contributed by atoms with Gasteiger partial charge in [-0.25, -0.2) is 14.5 Å². The lowest BCUT2D eigenvalue weighted by Gasteiger charge is -2.35. The Morgan fingerprint density at radius 2 is 1.80 bits per heavy atom. The number of nitriles is 1. The van der Waals surface area contributed by atoms with Gasteiger partial charge in [-0.1, -0.05) is 66.1 Å². The molecule has 0 N–H and O–H groups in total. The number of ether oxygens (including phenoxy) is 2. The van der Waals surface area contributed by atoms with Gasteiger partial charge in [-0.2, -0.15) is 5.26 Å². The fourth-order valence-corrected chi connectivity index (χ4v) is 5.96. The van der Waals surface area contributed by atoms with Crippen LogP contribution in [0.2, 0.25) is 0 Å². The fourth-order valence-electron chi connectivity index (χ4n) is 5.96. The van der Waals surface area contributed by atoms with Gasteiger partial charge >= 0.3 is 5.97 Å². The number of piperidine rings is 1. The molecule has 41 heavy (non-hydrogen) atoms. The van der Waals surface area contributed by atoms with Crippen molar-refractivity contribution in [3.05, 3.63) is 41.6 Å². The first-order valence-electron chi connectivity index (χ1n) is 14.7. The van der Waals surface area contributed by atoms with Gasteiger partial charge in [-0.15, -0.1) is 5.10 Å². The van der Waals surface area contributed by atoms with Crippen molar-refractivity contribution in [2.45, 2.75) is 83.3 Å². The predicted octanol–water partition coefficient (Wildman–Crippen LogP) is 7.11. The summed E-state index contributed by atoms with van der Waals surface area (Å²) in [6.07, 6.45) is 7.13. The van der Waals surface area contributed by atoms with E-state index in [-0.39, 0.29) is 24.4 Å². The number of aromatic nitrogens is 3. The van der Waals surface area contributed by atoms with E-state index in [4.69, 9.17) is 19.6 Å². The van der Waals surface area contributed by atoms with Crippen molar-refractivity contribution < 1.29 is 14.3 Å². The topological polar surface area (TPSA) is 93.3 Å². The van der Waals surface area contributed by atoms with Gasteiger partial charge in [-0.05, 0) is 88.7 Å². The third-order valence-corrected chi connectivity index (χ3v) is 8.19. The summed E-state index contributed by atoms with van der Waals surface area (Å²) in [6.45, 7) is 7.86. The van der Waals surface area contributed by atoms with Crippen LogP contribution in [0.5, 0.6) is 5.88 Å². The zero-order valence-corrected chi connectivity index (χ0v) is 27.1. The Bertz CT molecular complexity index is 1360. The summed E-state index contributed by atoms with van der Waals surface area (Å²) < 4.78 is 13.6. The minimum atomic E-state index is -0.480. The molecule has 0 atom stereocenters. The molecule has 2 aromatic heterocycles. The maximum atomic E-state index is 12.9. The molecule has 5 rings (SSSR count). The molecule has 0 unspecified atom stereocenters. The van der Waals surface area contributed by atoms with Gasteiger partial charge in [0.15, 0.2) is 11.3 Å². The minimum absolute atomic E-state index is 0.0669. The lowest BCUT2D eigenvalue weighted by atomic mass is 9.74. The van der Waals surface area contributed by atoms with Crippen LogP contribution in [0.3, 0.4) is 0 Å². The Kier molecular flexibility index (Phi) is 10.6. The Morgan fingerprint density at radius 3 is 2.39 bits per heavy atom. The molecule has 1 aromatic carbocycles. The monoisotopic (exact) mass is 671 g/mol. The van der Waals surface area contributed by atoms with E-state index in [9.17, 15) is 10.1 Å². The zero-order chi connectivity index (χ0) is 29.6. The summed E-state index contributed by atoms with van der Waals surface area (Å²) >= 11 is 2.15. The number of nitrogens with zero attached hydrogens (tertiary/aromatic N) is 5. The van der Waals surface area contributed by atoms with Gasteiger partial charge in [0.2, 0.25) is 5.88 Å². The standard InChI is InChI=1S/C31H39N5O3.CH3I/c1-5-38-30(37)26-19-25(22-11-13-23(14-12-22)31(20-32)15-17-35(4)18-16-31)27-28(33-26)36(24-9-7-6-8-10-24)34-29(27)39-21(2)3;1-2/h11-14,19,21,24H,5-10,15-18H2,1-4H3;1H3. The van der Waals surface area contributed by atoms with Gasteiger partial charge in [0.05, 0.1) is 35.6 Å². The van der Waals surface area contributed by atoms with Gasteiger partial charge < -0.3 is 14.4 Å². The molecule has 2 aliphatic rings. The molecular formula is C32H42IN5O3. The number of pyridine rings is 1. The predicted molar refractivity (Wildman–Crippen MR) is 171 cm³/mol. The molecule has 0 spiro atoms.